The van der Waals surface area contributed by atoms with Gasteiger partial charge in [0.15, 0.2) is 0 Å². The van der Waals surface area contributed by atoms with Gasteiger partial charge in [-0.25, -0.2) is 0 Å². The van der Waals surface area contributed by atoms with Crippen LogP contribution in [0.1, 0.15) is 22.3 Å². The summed E-state index contributed by atoms with van der Waals surface area (Å²) in [6.07, 6.45) is 0. The molecule has 0 saturated heterocycles. The largest absolute Gasteiger partial charge is 0.326 e. The molecule has 2 rings (SSSR count). The normalized spacial score (nSPS) is 10.6. The van der Waals surface area contributed by atoms with Gasteiger partial charge in [-0.15, -0.1) is 0 Å². The molecule has 0 aliphatic carbocycles. The Bertz CT molecular complexity index is 541. The van der Waals surface area contributed by atoms with Crippen molar-refractivity contribution in [1.82, 2.24) is 0 Å². The first-order valence-electron chi connectivity index (χ1n) is 5.99. The summed E-state index contributed by atoms with van der Waals surface area (Å²) >= 11 is 0. The van der Waals surface area contributed by atoms with Crippen LogP contribution in [0.25, 0.3) is 11.1 Å². The maximum atomic E-state index is 5.66. The maximum absolute atomic E-state index is 5.66. The van der Waals surface area contributed by atoms with Crippen LogP contribution in [0.2, 0.25) is 0 Å². The lowest BCUT2D eigenvalue weighted by atomic mass is 9.93. The van der Waals surface area contributed by atoms with E-state index >= 15 is 0 Å². The van der Waals surface area contributed by atoms with Gasteiger partial charge in [-0.05, 0) is 54.2 Å². The molecule has 0 unspecified atom stereocenters. The Morgan fingerprint density at radius 3 is 2.29 bits per heavy atom. The van der Waals surface area contributed by atoms with Gasteiger partial charge in [-0.1, -0.05) is 36.4 Å². The van der Waals surface area contributed by atoms with Crippen molar-refractivity contribution in [3.05, 3.63) is 58.7 Å². The van der Waals surface area contributed by atoms with Gasteiger partial charge in [0.1, 0.15) is 0 Å². The highest BCUT2D eigenvalue weighted by Gasteiger charge is 2.06. The standard InChI is InChI=1S/C16H19N/c1-11-5-4-6-16(13(11)3)15-8-7-14(10-17)9-12(15)2/h4-9H,10,17H2,1-3H3. The van der Waals surface area contributed by atoms with Gasteiger partial charge in [0, 0.05) is 6.54 Å². The molecule has 1 heteroatoms. The summed E-state index contributed by atoms with van der Waals surface area (Å²) in [5.74, 6) is 0. The van der Waals surface area contributed by atoms with E-state index in [1.54, 1.807) is 0 Å². The number of hydrogen-bond donors (Lipinski definition) is 1. The monoisotopic (exact) mass is 225 g/mol. The molecule has 0 atom stereocenters. The zero-order chi connectivity index (χ0) is 12.4. The Kier molecular flexibility index (Phi) is 3.30. The summed E-state index contributed by atoms with van der Waals surface area (Å²) in [4.78, 5) is 0. The fourth-order valence-electron chi connectivity index (χ4n) is 2.20. The van der Waals surface area contributed by atoms with Crippen LogP contribution in [0, 0.1) is 20.8 Å². The van der Waals surface area contributed by atoms with Crippen molar-refractivity contribution in [2.24, 2.45) is 5.73 Å². The van der Waals surface area contributed by atoms with Crippen LogP contribution < -0.4 is 5.73 Å². The highest BCUT2D eigenvalue weighted by Crippen LogP contribution is 2.28. The zero-order valence-electron chi connectivity index (χ0n) is 10.7. The molecule has 0 fully saturated rings. The summed E-state index contributed by atoms with van der Waals surface area (Å²) in [6.45, 7) is 7.09. The van der Waals surface area contributed by atoms with E-state index in [9.17, 15) is 0 Å². The molecule has 2 aromatic carbocycles. The zero-order valence-corrected chi connectivity index (χ0v) is 10.7. The lowest BCUT2D eigenvalue weighted by Gasteiger charge is -2.12. The van der Waals surface area contributed by atoms with Gasteiger partial charge in [0.2, 0.25) is 0 Å². The van der Waals surface area contributed by atoms with E-state index in [0.29, 0.717) is 6.54 Å². The van der Waals surface area contributed by atoms with Crippen molar-refractivity contribution in [1.29, 1.82) is 0 Å². The van der Waals surface area contributed by atoms with Gasteiger partial charge in [0.05, 0.1) is 0 Å². The molecule has 0 amide bonds. The molecule has 0 aliphatic rings. The highest BCUT2D eigenvalue weighted by atomic mass is 14.5. The van der Waals surface area contributed by atoms with Crippen LogP contribution >= 0.6 is 0 Å². The van der Waals surface area contributed by atoms with Gasteiger partial charge in [-0.2, -0.15) is 0 Å². The minimum absolute atomic E-state index is 0.605. The SMILES string of the molecule is Cc1cc(CN)ccc1-c1cccc(C)c1C. The van der Waals surface area contributed by atoms with Crippen LogP contribution in [0.4, 0.5) is 0 Å². The van der Waals surface area contributed by atoms with E-state index in [4.69, 9.17) is 5.73 Å². The third kappa shape index (κ3) is 2.25. The molecule has 0 heterocycles. The predicted molar refractivity (Wildman–Crippen MR) is 74.0 cm³/mol. The summed E-state index contributed by atoms with van der Waals surface area (Å²) in [5.41, 5.74) is 13.5. The quantitative estimate of drug-likeness (QED) is 0.828. The minimum Gasteiger partial charge on any atom is -0.326 e. The highest BCUT2D eigenvalue weighted by molar-refractivity contribution is 5.71. The molecule has 88 valence electrons. The van der Waals surface area contributed by atoms with E-state index in [1.165, 1.54) is 33.4 Å². The molecule has 0 spiro atoms. The molecule has 0 radical (unpaired) electrons. The predicted octanol–water partition coefficient (Wildman–Crippen LogP) is 3.74. The van der Waals surface area contributed by atoms with E-state index in [2.05, 4.69) is 57.2 Å². The summed E-state index contributed by atoms with van der Waals surface area (Å²) in [6, 6.07) is 12.9. The summed E-state index contributed by atoms with van der Waals surface area (Å²) in [7, 11) is 0. The van der Waals surface area contributed by atoms with E-state index < -0.39 is 0 Å². The van der Waals surface area contributed by atoms with Crippen molar-refractivity contribution in [2.45, 2.75) is 27.3 Å². The maximum Gasteiger partial charge on any atom is 0.0178 e. The smallest absolute Gasteiger partial charge is 0.0178 e. The molecule has 0 saturated carbocycles. The third-order valence-electron chi connectivity index (χ3n) is 3.42. The van der Waals surface area contributed by atoms with Crippen molar-refractivity contribution in [3.63, 3.8) is 0 Å². The number of hydrogen-bond acceptors (Lipinski definition) is 1. The third-order valence-corrected chi connectivity index (χ3v) is 3.42. The van der Waals surface area contributed by atoms with E-state index in [-0.39, 0.29) is 0 Å². The lowest BCUT2D eigenvalue weighted by molar-refractivity contribution is 1.07. The topological polar surface area (TPSA) is 26.0 Å². The second-order valence-corrected chi connectivity index (χ2v) is 4.60. The van der Waals surface area contributed by atoms with Crippen LogP contribution in [0.5, 0.6) is 0 Å². The molecular weight excluding hydrogens is 206 g/mol. The Morgan fingerprint density at radius 2 is 1.65 bits per heavy atom. The second kappa shape index (κ2) is 4.72. The van der Waals surface area contributed by atoms with Crippen molar-refractivity contribution < 1.29 is 0 Å². The number of benzene rings is 2. The number of rotatable bonds is 2. The number of nitrogens with two attached hydrogens (primary N) is 1. The molecule has 1 nitrogen and oxygen atoms in total. The van der Waals surface area contributed by atoms with Gasteiger partial charge in [-0.3, -0.25) is 0 Å². The first kappa shape index (κ1) is 11.9. The molecule has 2 aromatic rings. The van der Waals surface area contributed by atoms with Crippen LogP contribution in [0.3, 0.4) is 0 Å². The van der Waals surface area contributed by atoms with Crippen LogP contribution in [-0.4, -0.2) is 0 Å². The lowest BCUT2D eigenvalue weighted by Crippen LogP contribution is -1.97. The minimum atomic E-state index is 0.605. The van der Waals surface area contributed by atoms with Gasteiger partial charge in [0.25, 0.3) is 0 Å². The Hall–Kier alpha value is -1.60. The van der Waals surface area contributed by atoms with Crippen molar-refractivity contribution in [2.75, 3.05) is 0 Å². The fourth-order valence-corrected chi connectivity index (χ4v) is 2.20. The summed E-state index contributed by atoms with van der Waals surface area (Å²) < 4.78 is 0. The molecule has 17 heavy (non-hydrogen) atoms. The molecule has 2 N–H and O–H groups in total. The van der Waals surface area contributed by atoms with Crippen molar-refractivity contribution in [3.8, 4) is 11.1 Å². The van der Waals surface area contributed by atoms with Crippen LogP contribution in [0.15, 0.2) is 36.4 Å². The second-order valence-electron chi connectivity index (χ2n) is 4.60. The number of aryl methyl sites for hydroxylation is 2. The first-order chi connectivity index (χ1) is 8.13. The fraction of sp³-hybridized carbons (Fsp3) is 0.250. The van der Waals surface area contributed by atoms with Gasteiger partial charge >= 0.3 is 0 Å². The Balaban J connectivity index is 2.57. The van der Waals surface area contributed by atoms with Gasteiger partial charge < -0.3 is 5.73 Å². The average molecular weight is 225 g/mol. The molecule has 0 bridgehead atoms. The van der Waals surface area contributed by atoms with E-state index in [1.807, 2.05) is 0 Å². The Labute approximate surface area is 103 Å². The molecular formula is C16H19N. The molecule has 0 aromatic heterocycles. The average Bonchev–Trinajstić information content (AvgIpc) is 2.33. The molecule has 0 aliphatic heterocycles. The van der Waals surface area contributed by atoms with Crippen molar-refractivity contribution >= 4 is 0 Å². The first-order valence-corrected chi connectivity index (χ1v) is 5.99. The van der Waals surface area contributed by atoms with Crippen LogP contribution in [-0.2, 0) is 6.54 Å². The Morgan fingerprint density at radius 1 is 0.882 bits per heavy atom. The summed E-state index contributed by atoms with van der Waals surface area (Å²) in [5, 5.41) is 0. The van der Waals surface area contributed by atoms with E-state index in [0.717, 1.165) is 0 Å².